The lowest BCUT2D eigenvalue weighted by molar-refractivity contribution is 0.333. The number of nitrogens with zero attached hydrogens (tertiary/aromatic N) is 2. The summed E-state index contributed by atoms with van der Waals surface area (Å²) in [7, 11) is 0. The molecule has 1 aliphatic heterocycles. The zero-order valence-corrected chi connectivity index (χ0v) is 14.0. The van der Waals surface area contributed by atoms with Crippen molar-refractivity contribution in [2.24, 2.45) is 0 Å². The fraction of sp³-hybridized carbons (Fsp3) is 0.111. The van der Waals surface area contributed by atoms with Gasteiger partial charge in [0, 0.05) is 29.7 Å². The molecule has 6 nitrogen and oxygen atoms in total. The van der Waals surface area contributed by atoms with Gasteiger partial charge in [-0.05, 0) is 30.3 Å². The van der Waals surface area contributed by atoms with Gasteiger partial charge >= 0.3 is 0 Å². The zero-order chi connectivity index (χ0) is 17.1. The topological polar surface area (TPSA) is 71.1 Å². The molecule has 1 aromatic heterocycles. The molecule has 3 N–H and O–H groups in total. The molecule has 3 aromatic rings. The first-order valence-electron chi connectivity index (χ1n) is 7.90. The molecule has 0 unspecified atom stereocenters. The van der Waals surface area contributed by atoms with Crippen molar-refractivity contribution in [3.05, 3.63) is 59.8 Å². The number of ether oxygens (including phenoxy) is 1. The molecular weight excluding hydrogens is 338 g/mol. The molecular formula is C18H16ClN5O. The molecule has 4 rings (SSSR count). The predicted octanol–water partition coefficient (Wildman–Crippen LogP) is 4.42. The van der Waals surface area contributed by atoms with E-state index in [9.17, 15) is 0 Å². The smallest absolute Gasteiger partial charge is 0.229 e. The van der Waals surface area contributed by atoms with Crippen molar-refractivity contribution >= 4 is 40.4 Å². The average Bonchev–Trinajstić information content (AvgIpc) is 2.62. The van der Waals surface area contributed by atoms with Crippen LogP contribution in [0.3, 0.4) is 0 Å². The fourth-order valence-corrected chi connectivity index (χ4v) is 2.65. The lowest BCUT2D eigenvalue weighted by Gasteiger charge is -2.11. The van der Waals surface area contributed by atoms with Gasteiger partial charge in [0.1, 0.15) is 17.4 Å². The lowest BCUT2D eigenvalue weighted by atomic mass is 10.2. The van der Waals surface area contributed by atoms with Crippen LogP contribution in [0.5, 0.6) is 5.75 Å². The van der Waals surface area contributed by atoms with Crippen LogP contribution in [0, 0.1) is 0 Å². The number of hydrogen-bond acceptors (Lipinski definition) is 6. The van der Waals surface area contributed by atoms with Crippen LogP contribution in [0.15, 0.2) is 54.7 Å². The minimum atomic E-state index is 0.449. The van der Waals surface area contributed by atoms with Crippen LogP contribution in [0.2, 0.25) is 5.02 Å². The molecule has 1 aliphatic rings. The standard InChI is InChI=1S/C18H16ClN5O/c19-16-11-21-18-23-14-5-2-6-15(10-14)25-8-7-20-12-3-1-4-13(9-12)22-17(16)24-18/h1-6,9-11,20H,7-8H2,(H2,21,22,23,24). The maximum absolute atomic E-state index is 6.23. The van der Waals surface area contributed by atoms with Crippen LogP contribution in [-0.4, -0.2) is 23.1 Å². The Kier molecular flexibility index (Phi) is 4.26. The van der Waals surface area contributed by atoms with Crippen molar-refractivity contribution in [3.8, 4) is 5.75 Å². The van der Waals surface area contributed by atoms with Gasteiger partial charge in [0.15, 0.2) is 5.82 Å². The molecule has 7 heteroatoms. The van der Waals surface area contributed by atoms with E-state index >= 15 is 0 Å². The molecule has 0 amide bonds. The van der Waals surface area contributed by atoms with Crippen LogP contribution in [-0.2, 0) is 0 Å². The highest BCUT2D eigenvalue weighted by Gasteiger charge is 2.08. The minimum Gasteiger partial charge on any atom is -0.492 e. The average molecular weight is 354 g/mol. The van der Waals surface area contributed by atoms with Crippen LogP contribution in [0.1, 0.15) is 0 Å². The number of fused-ring (bicyclic) bond motifs is 6. The second kappa shape index (κ2) is 6.86. The molecule has 0 aliphatic carbocycles. The van der Waals surface area contributed by atoms with Gasteiger partial charge in [-0.15, -0.1) is 0 Å². The number of hydrogen-bond donors (Lipinski definition) is 3. The summed E-state index contributed by atoms with van der Waals surface area (Å²) in [6.07, 6.45) is 1.57. The highest BCUT2D eigenvalue weighted by atomic mass is 35.5. The van der Waals surface area contributed by atoms with Crippen LogP contribution >= 0.6 is 11.6 Å². The monoisotopic (exact) mass is 353 g/mol. The van der Waals surface area contributed by atoms with Crippen molar-refractivity contribution in [3.63, 3.8) is 0 Å². The third kappa shape index (κ3) is 3.75. The van der Waals surface area contributed by atoms with Crippen molar-refractivity contribution in [1.29, 1.82) is 0 Å². The van der Waals surface area contributed by atoms with Gasteiger partial charge in [-0.25, -0.2) is 4.98 Å². The minimum absolute atomic E-state index is 0.449. The number of halogens is 1. The number of anilines is 5. The van der Waals surface area contributed by atoms with Crippen LogP contribution < -0.4 is 20.7 Å². The van der Waals surface area contributed by atoms with E-state index in [-0.39, 0.29) is 0 Å². The highest BCUT2D eigenvalue weighted by molar-refractivity contribution is 6.32. The van der Waals surface area contributed by atoms with Crippen molar-refractivity contribution < 1.29 is 4.74 Å². The third-order valence-electron chi connectivity index (χ3n) is 3.66. The number of nitrogens with one attached hydrogen (secondary N) is 3. The summed E-state index contributed by atoms with van der Waals surface area (Å²) >= 11 is 6.23. The normalized spacial score (nSPS) is 13.2. The number of rotatable bonds is 0. The Morgan fingerprint density at radius 1 is 0.960 bits per heavy atom. The van der Waals surface area contributed by atoms with Gasteiger partial charge in [0.2, 0.25) is 5.95 Å². The molecule has 0 saturated heterocycles. The second-order valence-electron chi connectivity index (χ2n) is 5.52. The molecule has 0 fully saturated rings. The van der Waals surface area contributed by atoms with E-state index in [0.29, 0.717) is 29.9 Å². The van der Waals surface area contributed by atoms with Gasteiger partial charge in [-0.3, -0.25) is 0 Å². The molecule has 0 spiro atoms. The van der Waals surface area contributed by atoms with E-state index < -0.39 is 0 Å². The quantitative estimate of drug-likeness (QED) is 0.555. The zero-order valence-electron chi connectivity index (χ0n) is 13.3. The number of benzene rings is 2. The molecule has 2 heterocycles. The van der Waals surface area contributed by atoms with E-state index in [2.05, 4.69) is 25.9 Å². The van der Waals surface area contributed by atoms with E-state index in [1.807, 2.05) is 48.5 Å². The summed E-state index contributed by atoms with van der Waals surface area (Å²) in [6, 6.07) is 15.6. The van der Waals surface area contributed by atoms with Gasteiger partial charge in [0.05, 0.1) is 6.20 Å². The molecule has 6 bridgehead atoms. The fourth-order valence-electron chi connectivity index (χ4n) is 2.52. The van der Waals surface area contributed by atoms with E-state index in [0.717, 1.165) is 22.8 Å². The summed E-state index contributed by atoms with van der Waals surface area (Å²) in [5, 5.41) is 10.2. The first kappa shape index (κ1) is 15.5. The van der Waals surface area contributed by atoms with Gasteiger partial charge in [-0.2, -0.15) is 4.98 Å². The van der Waals surface area contributed by atoms with Gasteiger partial charge in [-0.1, -0.05) is 23.7 Å². The SMILES string of the molecule is Clc1cnc2nc1Nc1cccc(c1)NCCOc1cccc(c1)N2. The van der Waals surface area contributed by atoms with E-state index in [1.54, 1.807) is 6.20 Å². The molecule has 0 atom stereocenters. The Bertz CT molecular complexity index is 902. The van der Waals surface area contributed by atoms with Crippen molar-refractivity contribution in [2.75, 3.05) is 29.1 Å². The van der Waals surface area contributed by atoms with Crippen molar-refractivity contribution in [1.82, 2.24) is 9.97 Å². The third-order valence-corrected chi connectivity index (χ3v) is 3.94. The first-order chi connectivity index (χ1) is 12.3. The summed E-state index contributed by atoms with van der Waals surface area (Å²) in [5.74, 6) is 1.77. The predicted molar refractivity (Wildman–Crippen MR) is 100 cm³/mol. The maximum atomic E-state index is 6.23. The van der Waals surface area contributed by atoms with Gasteiger partial charge in [0.25, 0.3) is 0 Å². The maximum Gasteiger partial charge on any atom is 0.229 e. The van der Waals surface area contributed by atoms with E-state index in [4.69, 9.17) is 16.3 Å². The summed E-state index contributed by atoms with van der Waals surface area (Å²) in [5.41, 5.74) is 2.71. The largest absolute Gasteiger partial charge is 0.492 e. The Hall–Kier alpha value is -2.99. The lowest BCUT2D eigenvalue weighted by Crippen LogP contribution is -2.11. The summed E-state index contributed by atoms with van der Waals surface area (Å²) < 4.78 is 5.79. The van der Waals surface area contributed by atoms with Crippen LogP contribution in [0.4, 0.5) is 28.8 Å². The Labute approximate surface area is 150 Å². The highest BCUT2D eigenvalue weighted by Crippen LogP contribution is 2.27. The Morgan fingerprint density at radius 2 is 1.76 bits per heavy atom. The molecule has 126 valence electrons. The molecule has 2 aromatic carbocycles. The molecule has 0 radical (unpaired) electrons. The van der Waals surface area contributed by atoms with Crippen LogP contribution in [0.25, 0.3) is 0 Å². The first-order valence-corrected chi connectivity index (χ1v) is 8.27. The molecule has 25 heavy (non-hydrogen) atoms. The summed E-state index contributed by atoms with van der Waals surface area (Å²) in [4.78, 5) is 8.70. The van der Waals surface area contributed by atoms with Crippen molar-refractivity contribution in [2.45, 2.75) is 0 Å². The Balaban J connectivity index is 1.73. The summed E-state index contributed by atoms with van der Waals surface area (Å²) in [6.45, 7) is 1.24. The Morgan fingerprint density at radius 3 is 2.68 bits per heavy atom. The second-order valence-corrected chi connectivity index (χ2v) is 5.93. The van der Waals surface area contributed by atoms with E-state index in [1.165, 1.54) is 0 Å². The number of aromatic nitrogens is 2. The molecule has 0 saturated carbocycles. The van der Waals surface area contributed by atoms with Gasteiger partial charge < -0.3 is 20.7 Å².